The molecule has 6 nitrogen and oxygen atoms in total. The van der Waals surface area contributed by atoms with Gasteiger partial charge in [0.05, 0.1) is 16.2 Å². The quantitative estimate of drug-likeness (QED) is 0.711. The number of fused-ring (bicyclic) bond motifs is 1. The van der Waals surface area contributed by atoms with E-state index >= 15 is 0 Å². The van der Waals surface area contributed by atoms with Crippen molar-refractivity contribution in [1.29, 1.82) is 0 Å². The van der Waals surface area contributed by atoms with Crippen LogP contribution in [0.2, 0.25) is 0 Å². The number of carbonyl (C=O) groups is 1. The lowest BCUT2D eigenvalue weighted by Gasteiger charge is -2.31. The zero-order chi connectivity index (χ0) is 18.0. The molecule has 2 aromatic rings. The number of aromatic nitrogens is 2. The summed E-state index contributed by atoms with van der Waals surface area (Å²) in [6, 6.07) is 4.79. The van der Waals surface area contributed by atoms with E-state index in [-0.39, 0.29) is 27.5 Å². The molecule has 0 radical (unpaired) electrons. The van der Waals surface area contributed by atoms with Gasteiger partial charge >= 0.3 is 0 Å². The van der Waals surface area contributed by atoms with Crippen LogP contribution in [0.1, 0.15) is 43.0 Å². The molecule has 0 spiro atoms. The van der Waals surface area contributed by atoms with Crippen LogP contribution in [0.15, 0.2) is 23.0 Å². The molecule has 0 bridgehead atoms. The Morgan fingerprint density at radius 2 is 2.08 bits per heavy atom. The molecule has 8 heteroatoms. The average Bonchev–Trinajstić information content (AvgIpc) is 2.60. The van der Waals surface area contributed by atoms with E-state index in [1.807, 2.05) is 6.92 Å². The van der Waals surface area contributed by atoms with Crippen LogP contribution < -0.4 is 10.9 Å². The Kier molecular flexibility index (Phi) is 5.48. The van der Waals surface area contributed by atoms with Crippen molar-refractivity contribution < 1.29 is 9.00 Å². The number of benzene rings is 1. The summed E-state index contributed by atoms with van der Waals surface area (Å²) in [6.45, 7) is 1.91. The monoisotopic (exact) mass is 379 g/mol. The molecule has 1 amide bonds. The molecule has 1 fully saturated rings. The summed E-state index contributed by atoms with van der Waals surface area (Å²) in [5, 5.41) is 3.50. The van der Waals surface area contributed by atoms with Crippen LogP contribution in [0, 0.1) is 4.77 Å². The zero-order valence-corrected chi connectivity index (χ0v) is 15.6. The highest BCUT2D eigenvalue weighted by molar-refractivity contribution is 7.85. The largest absolute Gasteiger partial charge is 0.348 e. The molecular weight excluding hydrogens is 358 g/mol. The van der Waals surface area contributed by atoms with Gasteiger partial charge in [0.25, 0.3) is 11.5 Å². The first-order valence-electron chi connectivity index (χ1n) is 8.44. The Balaban J connectivity index is 1.85. The minimum atomic E-state index is -0.925. The molecule has 1 aromatic heterocycles. The highest BCUT2D eigenvalue weighted by atomic mass is 32.2. The fraction of sp³-hybridized carbons (Fsp3) is 0.471. The van der Waals surface area contributed by atoms with E-state index in [1.165, 1.54) is 0 Å². The molecule has 0 unspecified atom stereocenters. The van der Waals surface area contributed by atoms with Crippen LogP contribution in [-0.2, 0) is 10.8 Å². The fourth-order valence-electron chi connectivity index (χ4n) is 3.35. The van der Waals surface area contributed by atoms with Gasteiger partial charge < -0.3 is 10.3 Å². The topological polar surface area (TPSA) is 94.8 Å². The van der Waals surface area contributed by atoms with Crippen molar-refractivity contribution in [2.24, 2.45) is 0 Å². The number of amides is 1. The van der Waals surface area contributed by atoms with E-state index < -0.39 is 10.8 Å². The Morgan fingerprint density at radius 3 is 2.84 bits per heavy atom. The second kappa shape index (κ2) is 7.61. The third-order valence-electron chi connectivity index (χ3n) is 4.64. The smallest absolute Gasteiger partial charge is 0.259 e. The highest BCUT2D eigenvalue weighted by Gasteiger charge is 2.30. The number of nitrogens with one attached hydrogen (secondary N) is 3. The minimum Gasteiger partial charge on any atom is -0.348 e. The third-order valence-corrected chi connectivity index (χ3v) is 6.66. The summed E-state index contributed by atoms with van der Waals surface area (Å²) in [6.07, 6.45) is 3.81. The summed E-state index contributed by atoms with van der Waals surface area (Å²) < 4.78 is 12.5. The van der Waals surface area contributed by atoms with Crippen LogP contribution in [0.25, 0.3) is 10.9 Å². The zero-order valence-electron chi connectivity index (χ0n) is 14.0. The van der Waals surface area contributed by atoms with Gasteiger partial charge in [-0.1, -0.05) is 19.8 Å². The Labute approximate surface area is 152 Å². The maximum absolute atomic E-state index is 12.6. The van der Waals surface area contributed by atoms with Gasteiger partial charge in [-0.3, -0.25) is 18.8 Å². The first-order valence-corrected chi connectivity index (χ1v) is 10.2. The maximum Gasteiger partial charge on any atom is 0.259 e. The summed E-state index contributed by atoms with van der Waals surface area (Å²) in [4.78, 5) is 29.9. The van der Waals surface area contributed by atoms with Gasteiger partial charge in [0.2, 0.25) is 0 Å². The van der Waals surface area contributed by atoms with Crippen molar-refractivity contribution >= 4 is 39.8 Å². The van der Waals surface area contributed by atoms with Gasteiger partial charge in [0, 0.05) is 28.2 Å². The molecule has 1 aromatic carbocycles. The minimum absolute atomic E-state index is 0.0109. The normalized spacial score (nSPS) is 21.8. The number of H-pyrrole nitrogens is 2. The predicted octanol–water partition coefficient (Wildman–Crippen LogP) is 2.40. The first-order chi connectivity index (χ1) is 12.0. The fourth-order valence-corrected chi connectivity index (χ4v) is 4.98. The summed E-state index contributed by atoms with van der Waals surface area (Å²) in [5.74, 6) is 0.387. The van der Waals surface area contributed by atoms with Crippen molar-refractivity contribution in [3.8, 4) is 0 Å². The molecule has 1 heterocycles. The molecule has 1 aliphatic carbocycles. The van der Waals surface area contributed by atoms with E-state index in [0.717, 1.165) is 25.7 Å². The molecule has 134 valence electrons. The van der Waals surface area contributed by atoms with Crippen molar-refractivity contribution in [1.82, 2.24) is 15.3 Å². The van der Waals surface area contributed by atoms with Crippen LogP contribution in [0.5, 0.6) is 0 Å². The summed E-state index contributed by atoms with van der Waals surface area (Å²) in [7, 11) is -0.925. The van der Waals surface area contributed by atoms with Gasteiger partial charge in [-0.2, -0.15) is 0 Å². The second-order valence-corrected chi connectivity index (χ2v) is 8.59. The summed E-state index contributed by atoms with van der Waals surface area (Å²) in [5.41, 5.74) is 0.700. The molecule has 3 N–H and O–H groups in total. The Hall–Kier alpha value is -1.80. The van der Waals surface area contributed by atoms with Crippen molar-refractivity contribution in [2.45, 2.75) is 43.9 Å². The van der Waals surface area contributed by atoms with E-state index in [1.54, 1.807) is 18.2 Å². The SMILES string of the molecule is CC[S@](=O)[C@H]1CCCC[C@H]1NC(=O)c1ccc2c(=O)[nH]c(=S)[nH]c2c1. The number of hydrogen-bond donors (Lipinski definition) is 3. The number of carbonyl (C=O) groups excluding carboxylic acids is 1. The van der Waals surface area contributed by atoms with Crippen LogP contribution in [-0.4, -0.2) is 37.1 Å². The van der Waals surface area contributed by atoms with Crippen LogP contribution >= 0.6 is 12.2 Å². The lowest BCUT2D eigenvalue weighted by Crippen LogP contribution is -2.47. The third kappa shape index (κ3) is 3.90. The number of rotatable bonds is 4. The maximum atomic E-state index is 12.6. The van der Waals surface area contributed by atoms with Gasteiger partial charge in [0.1, 0.15) is 0 Å². The molecule has 3 rings (SSSR count). The summed E-state index contributed by atoms with van der Waals surface area (Å²) >= 11 is 4.98. The van der Waals surface area contributed by atoms with Crippen molar-refractivity contribution in [3.63, 3.8) is 0 Å². The molecular formula is C17H21N3O3S2. The van der Waals surface area contributed by atoms with Gasteiger partial charge in [-0.25, -0.2) is 0 Å². The van der Waals surface area contributed by atoms with E-state index in [2.05, 4.69) is 15.3 Å². The second-order valence-electron chi connectivity index (χ2n) is 6.24. The highest BCUT2D eigenvalue weighted by Crippen LogP contribution is 2.23. The number of aromatic amines is 2. The van der Waals surface area contributed by atoms with Gasteiger partial charge in [-0.05, 0) is 43.3 Å². The van der Waals surface area contributed by atoms with Crippen LogP contribution in [0.3, 0.4) is 0 Å². The van der Waals surface area contributed by atoms with E-state index in [0.29, 0.717) is 22.2 Å². The standard InChI is InChI=1S/C17H21N3O3S2/c1-2-25(23)14-6-4-3-5-12(14)18-15(21)10-7-8-11-13(9-10)19-17(24)20-16(11)22/h7-9,12,14H,2-6H2,1H3,(H,18,21)(H2,19,20,22,24)/t12-,14+,25+/m1/s1. The average molecular weight is 380 g/mol. The Bertz CT molecular complexity index is 935. The van der Waals surface area contributed by atoms with Gasteiger partial charge in [0.15, 0.2) is 4.77 Å². The lowest BCUT2D eigenvalue weighted by molar-refractivity contribution is 0.0929. The van der Waals surface area contributed by atoms with Gasteiger partial charge in [-0.15, -0.1) is 0 Å². The number of hydrogen-bond acceptors (Lipinski definition) is 4. The van der Waals surface area contributed by atoms with Crippen molar-refractivity contribution in [3.05, 3.63) is 38.9 Å². The van der Waals surface area contributed by atoms with E-state index in [4.69, 9.17) is 12.2 Å². The van der Waals surface area contributed by atoms with Crippen LogP contribution in [0.4, 0.5) is 0 Å². The molecule has 1 aliphatic rings. The molecule has 25 heavy (non-hydrogen) atoms. The first kappa shape index (κ1) is 18.0. The Morgan fingerprint density at radius 1 is 1.32 bits per heavy atom. The van der Waals surface area contributed by atoms with Crippen molar-refractivity contribution in [2.75, 3.05) is 5.75 Å². The van der Waals surface area contributed by atoms with E-state index in [9.17, 15) is 13.8 Å². The lowest BCUT2D eigenvalue weighted by atomic mass is 9.94. The molecule has 1 saturated carbocycles. The molecule has 0 aliphatic heterocycles. The predicted molar refractivity (Wildman–Crippen MR) is 102 cm³/mol. The molecule has 0 saturated heterocycles. The molecule has 3 atom stereocenters.